The molecule has 1 aliphatic heterocycles. The fourth-order valence-corrected chi connectivity index (χ4v) is 3.61. The van der Waals surface area contributed by atoms with Crippen molar-refractivity contribution in [2.24, 2.45) is 0 Å². The second-order valence-corrected chi connectivity index (χ2v) is 9.44. The van der Waals surface area contributed by atoms with Gasteiger partial charge in [0.15, 0.2) is 12.2 Å². The Balaban J connectivity index is 2.36. The molecule has 0 N–H and O–H groups in total. The summed E-state index contributed by atoms with van der Waals surface area (Å²) in [7, 11) is -3.63. The molecule has 1 unspecified atom stereocenters. The Hall–Kier alpha value is -3.23. The minimum atomic E-state index is -3.63. The topological polar surface area (TPSA) is 167 Å². The summed E-state index contributed by atoms with van der Waals surface area (Å²) in [6.45, 7) is 3.92. The maximum atomic E-state index is 11.9. The molecule has 0 saturated carbocycles. The normalized spacial score (nSPS) is 23.8. The minimum absolute atomic E-state index is 0.196. The zero-order chi connectivity index (χ0) is 27.0. The first-order chi connectivity index (χ1) is 16.7. The van der Waals surface area contributed by atoms with Gasteiger partial charge in [-0.2, -0.15) is 8.42 Å². The van der Waals surface area contributed by atoms with Crippen molar-refractivity contribution in [3.8, 4) is 5.75 Å². The van der Waals surface area contributed by atoms with E-state index in [9.17, 15) is 27.6 Å². The average molecular weight is 533 g/mol. The third-order valence-corrected chi connectivity index (χ3v) is 5.11. The highest BCUT2D eigenvalue weighted by molar-refractivity contribution is 7.85. The zero-order valence-corrected chi connectivity index (χ0v) is 21.1. The molecule has 1 aromatic carbocycles. The fraction of sp³-hybridized carbons (Fsp3) is 0.545. The molecule has 5 atom stereocenters. The maximum absolute atomic E-state index is 11.9. The van der Waals surface area contributed by atoms with Gasteiger partial charge < -0.3 is 28.4 Å². The highest BCUT2D eigenvalue weighted by atomic mass is 32.2. The van der Waals surface area contributed by atoms with Crippen molar-refractivity contribution in [3.63, 3.8) is 0 Å². The predicted octanol–water partition coefficient (Wildman–Crippen LogP) is 0.625. The van der Waals surface area contributed by atoms with Gasteiger partial charge >= 0.3 is 23.9 Å². The molecule has 0 aliphatic carbocycles. The lowest BCUT2D eigenvalue weighted by atomic mass is 9.98. The molecule has 13 nitrogen and oxygen atoms in total. The third kappa shape index (κ3) is 9.43. The van der Waals surface area contributed by atoms with Crippen molar-refractivity contribution >= 4 is 34.0 Å². The lowest BCUT2D eigenvalue weighted by Crippen LogP contribution is -2.63. The molecule has 2 rings (SSSR count). The summed E-state index contributed by atoms with van der Waals surface area (Å²) in [6.07, 6.45) is -5.65. The molecule has 1 heterocycles. The van der Waals surface area contributed by atoms with E-state index in [-0.39, 0.29) is 19.0 Å². The number of hydrogen-bond donors (Lipinski definition) is 0. The quantitative estimate of drug-likeness (QED) is 0.234. The van der Waals surface area contributed by atoms with E-state index in [1.165, 1.54) is 24.3 Å². The van der Waals surface area contributed by atoms with Crippen LogP contribution in [0.2, 0.25) is 0 Å². The Kier molecular flexibility index (Phi) is 10.2. The van der Waals surface area contributed by atoms with E-state index < -0.39 is 64.7 Å². The Labute approximate surface area is 208 Å². The van der Waals surface area contributed by atoms with Crippen LogP contribution in [0.3, 0.4) is 0 Å². The van der Waals surface area contributed by atoms with Crippen LogP contribution in [-0.4, -0.2) is 75.9 Å². The van der Waals surface area contributed by atoms with E-state index in [2.05, 4.69) is 0 Å². The van der Waals surface area contributed by atoms with Crippen LogP contribution in [0, 0.1) is 0 Å². The van der Waals surface area contributed by atoms with Crippen molar-refractivity contribution < 1.29 is 60.2 Å². The summed E-state index contributed by atoms with van der Waals surface area (Å²) < 4.78 is 59.8. The Morgan fingerprint density at radius 3 is 1.83 bits per heavy atom. The van der Waals surface area contributed by atoms with Crippen LogP contribution < -0.4 is 4.74 Å². The van der Waals surface area contributed by atoms with Gasteiger partial charge in [0.05, 0.1) is 12.9 Å². The lowest BCUT2D eigenvalue weighted by Gasteiger charge is -2.43. The molecule has 0 aromatic heterocycles. The maximum Gasteiger partial charge on any atom is 0.303 e. The van der Waals surface area contributed by atoms with E-state index >= 15 is 0 Å². The van der Waals surface area contributed by atoms with Crippen LogP contribution in [0.1, 0.15) is 33.3 Å². The first-order valence-electron chi connectivity index (χ1n) is 10.7. The van der Waals surface area contributed by atoms with Gasteiger partial charge in [-0.25, -0.2) is 0 Å². The molecular formula is C22H28O13S. The number of benzene rings is 1. The molecule has 0 bridgehead atoms. The lowest BCUT2D eigenvalue weighted by molar-refractivity contribution is -0.288. The van der Waals surface area contributed by atoms with Gasteiger partial charge in [-0.05, 0) is 17.7 Å². The Bertz CT molecular complexity index is 1050. The summed E-state index contributed by atoms with van der Waals surface area (Å²) in [6, 6.07) is 6.03. The molecule has 1 aliphatic rings. The summed E-state index contributed by atoms with van der Waals surface area (Å²) in [5.41, 5.74) is 0.523. The molecule has 1 aromatic rings. The summed E-state index contributed by atoms with van der Waals surface area (Å²) >= 11 is 0. The van der Waals surface area contributed by atoms with Gasteiger partial charge in [0.2, 0.25) is 12.4 Å². The average Bonchev–Trinajstić information content (AvgIpc) is 2.74. The molecule has 14 heteroatoms. The SMILES string of the molecule is CC(=O)OC[C@H]1OC(Oc2ccc(COS(C)(=O)=O)cc2)[C@H](OC(C)=O)[C@@H](OC(C)=O)[C@H]1OC(C)=O. The molecule has 200 valence electrons. The van der Waals surface area contributed by atoms with Gasteiger partial charge in [0, 0.05) is 27.7 Å². The van der Waals surface area contributed by atoms with E-state index in [0.29, 0.717) is 5.56 Å². The van der Waals surface area contributed by atoms with Gasteiger partial charge in [0.1, 0.15) is 18.5 Å². The van der Waals surface area contributed by atoms with E-state index in [0.717, 1.165) is 34.0 Å². The predicted molar refractivity (Wildman–Crippen MR) is 119 cm³/mol. The second kappa shape index (κ2) is 12.6. The van der Waals surface area contributed by atoms with E-state index in [4.69, 9.17) is 32.6 Å². The fourth-order valence-electron chi connectivity index (χ4n) is 3.26. The molecule has 0 spiro atoms. The summed E-state index contributed by atoms with van der Waals surface area (Å²) in [5, 5.41) is 0. The molecular weight excluding hydrogens is 504 g/mol. The number of carbonyl (C=O) groups is 4. The van der Waals surface area contributed by atoms with Crippen LogP contribution >= 0.6 is 0 Å². The van der Waals surface area contributed by atoms with Crippen LogP contribution in [-0.2, 0) is 63.8 Å². The second-order valence-electron chi connectivity index (χ2n) is 7.80. The van der Waals surface area contributed by atoms with Crippen LogP contribution in [0.5, 0.6) is 5.75 Å². The Morgan fingerprint density at radius 2 is 1.33 bits per heavy atom. The number of carbonyl (C=O) groups excluding carboxylic acids is 4. The van der Waals surface area contributed by atoms with Crippen molar-refractivity contribution in [2.45, 2.75) is 65.0 Å². The van der Waals surface area contributed by atoms with Crippen LogP contribution in [0.4, 0.5) is 0 Å². The van der Waals surface area contributed by atoms with E-state index in [1.54, 1.807) is 0 Å². The van der Waals surface area contributed by atoms with Gasteiger partial charge in [0.25, 0.3) is 10.1 Å². The molecule has 1 saturated heterocycles. The Morgan fingerprint density at radius 1 is 0.806 bits per heavy atom. The standard InChI is InChI=1S/C22H28O13S/c1-12(23)29-11-18-19(31-13(2)24)20(32-14(3)25)21(33-15(4)26)22(35-18)34-17-8-6-16(7-9-17)10-30-36(5,27)28/h6-9,18-22H,10-11H2,1-5H3/t18-,19+,20+,21-,22?/m1/s1. The smallest absolute Gasteiger partial charge is 0.303 e. The summed E-state index contributed by atoms with van der Waals surface area (Å²) in [5.74, 6) is -2.71. The largest absolute Gasteiger partial charge is 0.463 e. The minimum Gasteiger partial charge on any atom is -0.463 e. The summed E-state index contributed by atoms with van der Waals surface area (Å²) in [4.78, 5) is 46.9. The van der Waals surface area contributed by atoms with Crippen LogP contribution in [0.15, 0.2) is 24.3 Å². The highest BCUT2D eigenvalue weighted by Gasteiger charge is 2.53. The van der Waals surface area contributed by atoms with Crippen molar-refractivity contribution in [3.05, 3.63) is 29.8 Å². The first kappa shape index (κ1) is 29.0. The zero-order valence-electron chi connectivity index (χ0n) is 20.3. The molecule has 36 heavy (non-hydrogen) atoms. The van der Waals surface area contributed by atoms with Crippen molar-refractivity contribution in [1.82, 2.24) is 0 Å². The van der Waals surface area contributed by atoms with Crippen LogP contribution in [0.25, 0.3) is 0 Å². The number of esters is 4. The number of ether oxygens (including phenoxy) is 6. The molecule has 0 radical (unpaired) electrons. The van der Waals surface area contributed by atoms with Gasteiger partial charge in [-0.3, -0.25) is 23.4 Å². The first-order valence-corrected chi connectivity index (χ1v) is 12.5. The van der Waals surface area contributed by atoms with Crippen molar-refractivity contribution in [1.29, 1.82) is 0 Å². The van der Waals surface area contributed by atoms with E-state index in [1.807, 2.05) is 0 Å². The monoisotopic (exact) mass is 532 g/mol. The molecule has 1 fully saturated rings. The highest BCUT2D eigenvalue weighted by Crippen LogP contribution is 2.31. The van der Waals surface area contributed by atoms with Gasteiger partial charge in [-0.1, -0.05) is 12.1 Å². The van der Waals surface area contributed by atoms with Gasteiger partial charge in [-0.15, -0.1) is 0 Å². The molecule has 0 amide bonds. The number of hydrogen-bond acceptors (Lipinski definition) is 13. The third-order valence-electron chi connectivity index (χ3n) is 4.56. The van der Waals surface area contributed by atoms with Crippen molar-refractivity contribution in [2.75, 3.05) is 12.9 Å². The number of rotatable bonds is 10.